The van der Waals surface area contributed by atoms with Gasteiger partial charge in [0.15, 0.2) is 0 Å². The minimum Gasteiger partial charge on any atom is -0.397 e. The van der Waals surface area contributed by atoms with E-state index in [-0.39, 0.29) is 0 Å². The van der Waals surface area contributed by atoms with Crippen molar-refractivity contribution in [2.75, 3.05) is 17.6 Å². The van der Waals surface area contributed by atoms with E-state index >= 15 is 0 Å². The van der Waals surface area contributed by atoms with Crippen molar-refractivity contribution >= 4 is 11.4 Å². The van der Waals surface area contributed by atoms with Gasteiger partial charge in [0.2, 0.25) is 0 Å². The Morgan fingerprint density at radius 2 is 2.27 bits per heavy atom. The van der Waals surface area contributed by atoms with Crippen molar-refractivity contribution in [3.8, 4) is 6.07 Å². The maximum atomic E-state index is 8.77. The smallest absolute Gasteiger partial charge is 0.0992 e. The minimum atomic E-state index is 0.653. The van der Waals surface area contributed by atoms with Crippen LogP contribution in [-0.4, -0.2) is 6.54 Å². The van der Waals surface area contributed by atoms with Crippen LogP contribution < -0.4 is 11.1 Å². The number of anilines is 2. The Labute approximate surface area is 89.9 Å². The van der Waals surface area contributed by atoms with E-state index in [2.05, 4.69) is 11.4 Å². The predicted octanol–water partition coefficient (Wildman–Crippen LogP) is 2.35. The predicted molar refractivity (Wildman–Crippen MR) is 61.4 cm³/mol. The van der Waals surface area contributed by atoms with Crippen LogP contribution in [0.25, 0.3) is 0 Å². The molecule has 0 heterocycles. The number of nitriles is 1. The molecule has 2 rings (SSSR count). The fraction of sp³-hybridized carbons (Fsp3) is 0.417. The molecule has 0 atom stereocenters. The summed E-state index contributed by atoms with van der Waals surface area (Å²) in [6, 6.07) is 7.45. The van der Waals surface area contributed by atoms with Crippen LogP contribution in [0.4, 0.5) is 11.4 Å². The Hall–Kier alpha value is -1.69. The zero-order valence-corrected chi connectivity index (χ0v) is 8.66. The highest BCUT2D eigenvalue weighted by Crippen LogP contribution is 2.27. The lowest BCUT2D eigenvalue weighted by Crippen LogP contribution is -2.21. The van der Waals surface area contributed by atoms with E-state index in [0.717, 1.165) is 18.2 Å². The van der Waals surface area contributed by atoms with Gasteiger partial charge < -0.3 is 11.1 Å². The molecule has 0 saturated heterocycles. The third-order valence-electron chi connectivity index (χ3n) is 2.99. The van der Waals surface area contributed by atoms with Crippen LogP contribution in [0.5, 0.6) is 0 Å². The second kappa shape index (κ2) is 4.22. The van der Waals surface area contributed by atoms with Crippen molar-refractivity contribution in [1.29, 1.82) is 5.26 Å². The zero-order chi connectivity index (χ0) is 10.7. The van der Waals surface area contributed by atoms with E-state index in [1.165, 1.54) is 19.3 Å². The molecule has 0 amide bonds. The maximum Gasteiger partial charge on any atom is 0.0992 e. The first kappa shape index (κ1) is 9.85. The molecule has 3 N–H and O–H groups in total. The Morgan fingerprint density at radius 1 is 1.47 bits per heavy atom. The number of nitrogen functional groups attached to an aromatic ring is 1. The van der Waals surface area contributed by atoms with Crippen molar-refractivity contribution in [1.82, 2.24) is 0 Å². The summed E-state index contributed by atoms with van der Waals surface area (Å²) in [7, 11) is 0. The second-order valence-corrected chi connectivity index (χ2v) is 4.09. The monoisotopic (exact) mass is 201 g/mol. The number of benzene rings is 1. The van der Waals surface area contributed by atoms with E-state index in [1.807, 2.05) is 6.07 Å². The Morgan fingerprint density at radius 3 is 2.87 bits per heavy atom. The van der Waals surface area contributed by atoms with Gasteiger partial charge in [0.1, 0.15) is 0 Å². The Kier molecular flexibility index (Phi) is 2.77. The Balaban J connectivity index is 2.02. The normalized spacial score (nSPS) is 15.4. The van der Waals surface area contributed by atoms with E-state index in [9.17, 15) is 0 Å². The van der Waals surface area contributed by atoms with Crippen molar-refractivity contribution in [3.63, 3.8) is 0 Å². The summed E-state index contributed by atoms with van der Waals surface area (Å²) in [6.45, 7) is 0.971. The van der Waals surface area contributed by atoms with Crippen molar-refractivity contribution < 1.29 is 0 Å². The summed E-state index contributed by atoms with van der Waals surface area (Å²) in [6.07, 6.45) is 3.97. The van der Waals surface area contributed by atoms with Crippen LogP contribution in [0, 0.1) is 17.2 Å². The van der Waals surface area contributed by atoms with Crippen molar-refractivity contribution in [2.24, 2.45) is 5.92 Å². The largest absolute Gasteiger partial charge is 0.397 e. The second-order valence-electron chi connectivity index (χ2n) is 4.09. The molecular formula is C12H15N3. The van der Waals surface area contributed by atoms with Crippen molar-refractivity contribution in [3.05, 3.63) is 23.8 Å². The highest BCUT2D eigenvalue weighted by Gasteiger charge is 2.16. The summed E-state index contributed by atoms with van der Waals surface area (Å²) in [5, 5.41) is 12.1. The van der Waals surface area contributed by atoms with Crippen LogP contribution in [0.1, 0.15) is 24.8 Å². The molecular weight excluding hydrogens is 186 g/mol. The molecule has 1 aliphatic rings. The molecule has 1 saturated carbocycles. The van der Waals surface area contributed by atoms with Crippen LogP contribution in [0.3, 0.4) is 0 Å². The number of nitrogens with zero attached hydrogens (tertiary/aromatic N) is 1. The molecule has 0 radical (unpaired) electrons. The van der Waals surface area contributed by atoms with Gasteiger partial charge in [-0.2, -0.15) is 5.26 Å². The highest BCUT2D eigenvalue weighted by atomic mass is 14.9. The van der Waals surface area contributed by atoms with Crippen LogP contribution in [-0.2, 0) is 0 Å². The summed E-state index contributed by atoms with van der Waals surface area (Å²) in [5.41, 5.74) is 8.08. The standard InChI is InChI=1S/C12H15N3/c13-7-10-4-5-11(14)12(6-10)15-8-9-2-1-3-9/h4-6,9,15H,1-3,8,14H2. The molecule has 1 aromatic carbocycles. The number of nitrogens with one attached hydrogen (secondary N) is 1. The molecule has 1 aromatic rings. The van der Waals surface area contributed by atoms with Gasteiger partial charge >= 0.3 is 0 Å². The lowest BCUT2D eigenvalue weighted by Gasteiger charge is -2.26. The molecule has 0 unspecified atom stereocenters. The van der Waals surface area contributed by atoms with Gasteiger partial charge in [-0.05, 0) is 37.0 Å². The molecule has 1 aliphatic carbocycles. The van der Waals surface area contributed by atoms with Crippen LogP contribution >= 0.6 is 0 Å². The summed E-state index contributed by atoms with van der Waals surface area (Å²) in [4.78, 5) is 0. The fourth-order valence-corrected chi connectivity index (χ4v) is 1.73. The quantitative estimate of drug-likeness (QED) is 0.738. The van der Waals surface area contributed by atoms with Crippen LogP contribution in [0.15, 0.2) is 18.2 Å². The first-order valence-electron chi connectivity index (χ1n) is 5.33. The topological polar surface area (TPSA) is 61.8 Å². The van der Waals surface area contributed by atoms with Crippen LogP contribution in [0.2, 0.25) is 0 Å². The van der Waals surface area contributed by atoms with Gasteiger partial charge in [-0.15, -0.1) is 0 Å². The highest BCUT2D eigenvalue weighted by molar-refractivity contribution is 5.68. The van der Waals surface area contributed by atoms with Gasteiger partial charge in [0.05, 0.1) is 23.0 Å². The van der Waals surface area contributed by atoms with Crippen molar-refractivity contribution in [2.45, 2.75) is 19.3 Å². The lowest BCUT2D eigenvalue weighted by atomic mass is 9.85. The number of hydrogen-bond donors (Lipinski definition) is 2. The third-order valence-corrected chi connectivity index (χ3v) is 2.99. The lowest BCUT2D eigenvalue weighted by molar-refractivity contribution is 0.333. The van der Waals surface area contributed by atoms with Gasteiger partial charge in [-0.1, -0.05) is 6.42 Å². The molecule has 15 heavy (non-hydrogen) atoms. The van der Waals surface area contributed by atoms with E-state index in [1.54, 1.807) is 12.1 Å². The maximum absolute atomic E-state index is 8.77. The first-order chi connectivity index (χ1) is 7.29. The molecule has 0 aliphatic heterocycles. The number of nitrogens with two attached hydrogens (primary N) is 1. The SMILES string of the molecule is N#Cc1ccc(N)c(NCC2CCC2)c1. The van der Waals surface area contributed by atoms with E-state index in [4.69, 9.17) is 11.0 Å². The molecule has 0 aromatic heterocycles. The molecule has 0 spiro atoms. The number of rotatable bonds is 3. The van der Waals surface area contributed by atoms with Gasteiger partial charge in [0, 0.05) is 6.54 Å². The molecule has 78 valence electrons. The molecule has 0 bridgehead atoms. The molecule has 3 nitrogen and oxygen atoms in total. The van der Waals surface area contributed by atoms with E-state index in [0.29, 0.717) is 11.3 Å². The average Bonchev–Trinajstić information content (AvgIpc) is 2.18. The fourth-order valence-electron chi connectivity index (χ4n) is 1.73. The average molecular weight is 201 g/mol. The zero-order valence-electron chi connectivity index (χ0n) is 8.66. The summed E-state index contributed by atoms with van der Waals surface area (Å²) >= 11 is 0. The van der Waals surface area contributed by atoms with E-state index < -0.39 is 0 Å². The minimum absolute atomic E-state index is 0.653. The molecule has 1 fully saturated rings. The van der Waals surface area contributed by atoms with Gasteiger partial charge in [0.25, 0.3) is 0 Å². The van der Waals surface area contributed by atoms with Gasteiger partial charge in [-0.25, -0.2) is 0 Å². The molecule has 3 heteroatoms. The Bertz CT molecular complexity index is 388. The summed E-state index contributed by atoms with van der Waals surface area (Å²) in [5.74, 6) is 0.787. The third kappa shape index (κ3) is 2.21. The van der Waals surface area contributed by atoms with Gasteiger partial charge in [-0.3, -0.25) is 0 Å². The summed E-state index contributed by atoms with van der Waals surface area (Å²) < 4.78 is 0. The number of hydrogen-bond acceptors (Lipinski definition) is 3. The first-order valence-corrected chi connectivity index (χ1v) is 5.33.